The van der Waals surface area contributed by atoms with Crippen LogP contribution >= 0.6 is 0 Å². The molecule has 1 saturated carbocycles. The smallest absolute Gasteiger partial charge is 0.134 e. The van der Waals surface area contributed by atoms with Gasteiger partial charge in [-0.05, 0) is 91.1 Å². The summed E-state index contributed by atoms with van der Waals surface area (Å²) in [6.45, 7) is 5.59. The van der Waals surface area contributed by atoms with Crippen LogP contribution in [-0.2, 0) is 11.2 Å². The molecular weight excluding hydrogens is 490 g/mol. The number of hydrogen-bond acceptors (Lipinski definition) is 7. The van der Waals surface area contributed by atoms with Crippen molar-refractivity contribution in [3.8, 4) is 11.5 Å². The van der Waals surface area contributed by atoms with Crippen LogP contribution in [0.1, 0.15) is 62.1 Å². The van der Waals surface area contributed by atoms with Crippen LogP contribution in [0.3, 0.4) is 0 Å². The summed E-state index contributed by atoms with van der Waals surface area (Å²) in [7, 11) is 1.72. The van der Waals surface area contributed by atoms with Crippen LogP contribution in [0.25, 0.3) is 5.57 Å². The Balaban J connectivity index is 1.38. The number of methoxy groups -OCH3 is 1. The zero-order valence-electron chi connectivity index (χ0n) is 22.9. The van der Waals surface area contributed by atoms with Crippen molar-refractivity contribution in [1.82, 2.24) is 10.4 Å². The first-order valence-electron chi connectivity index (χ1n) is 13.9. The summed E-state index contributed by atoms with van der Waals surface area (Å²) in [6, 6.07) is 11.7. The molecule has 0 spiro atoms. The molecular formula is C31H37N5O3. The van der Waals surface area contributed by atoms with Crippen molar-refractivity contribution < 1.29 is 14.6 Å². The molecule has 2 fully saturated rings. The number of nitrogens with zero attached hydrogens (tertiary/aromatic N) is 3. The number of aromatic hydroxyl groups is 1. The van der Waals surface area contributed by atoms with E-state index in [1.165, 1.54) is 29.5 Å². The fraction of sp³-hybridized carbons (Fsp3) is 0.419. The zero-order valence-corrected chi connectivity index (χ0v) is 22.9. The van der Waals surface area contributed by atoms with Gasteiger partial charge in [-0.15, -0.1) is 0 Å². The number of fused-ring (bicyclic) bond motifs is 1. The van der Waals surface area contributed by atoms with Gasteiger partial charge in [-0.2, -0.15) is 0 Å². The van der Waals surface area contributed by atoms with Gasteiger partial charge in [-0.1, -0.05) is 13.0 Å². The van der Waals surface area contributed by atoms with Gasteiger partial charge in [0.2, 0.25) is 0 Å². The number of aliphatic imine (C=N–C) groups is 2. The van der Waals surface area contributed by atoms with Gasteiger partial charge >= 0.3 is 0 Å². The predicted octanol–water partition coefficient (Wildman–Crippen LogP) is 4.97. The summed E-state index contributed by atoms with van der Waals surface area (Å²) in [6.07, 6.45) is 8.97. The van der Waals surface area contributed by atoms with Gasteiger partial charge < -0.3 is 25.7 Å². The highest BCUT2D eigenvalue weighted by Gasteiger charge is 2.47. The van der Waals surface area contributed by atoms with Crippen molar-refractivity contribution in [3.63, 3.8) is 0 Å². The highest BCUT2D eigenvalue weighted by atomic mass is 16.5. The lowest BCUT2D eigenvalue weighted by Crippen LogP contribution is -2.57. The van der Waals surface area contributed by atoms with Crippen LogP contribution in [0.2, 0.25) is 0 Å². The van der Waals surface area contributed by atoms with Gasteiger partial charge in [0, 0.05) is 25.4 Å². The molecule has 3 aliphatic heterocycles. The first-order chi connectivity index (χ1) is 18.9. The summed E-state index contributed by atoms with van der Waals surface area (Å²) in [5.41, 5.74) is 17.0. The van der Waals surface area contributed by atoms with Gasteiger partial charge in [0.1, 0.15) is 22.9 Å². The van der Waals surface area contributed by atoms with Crippen molar-refractivity contribution in [3.05, 3.63) is 71.1 Å². The highest BCUT2D eigenvalue weighted by Crippen LogP contribution is 2.48. The van der Waals surface area contributed by atoms with E-state index in [-0.39, 0.29) is 11.8 Å². The van der Waals surface area contributed by atoms with Gasteiger partial charge in [0.15, 0.2) is 0 Å². The number of nitrogens with one attached hydrogen (secondary N) is 1. The van der Waals surface area contributed by atoms with Gasteiger partial charge in [0.05, 0.1) is 36.7 Å². The standard InChI is InChI=1S/C31H37N5O3/c1-4-19-13-23(37)7-10-28(19)35-30(32)27-16-33-36-17-21(15-31(36,2)29(27)34-22-11-12-39-18-22)25-9-8-24(38-3)14-26(25)20-5-6-20/h7-10,13-14,16-17,20,22,33,37H,4-6,11-12,15,18H2,1-3H3,(H2,32,35)/t22-,31?/m0/s1. The maximum Gasteiger partial charge on any atom is 0.134 e. The molecule has 1 unspecified atom stereocenters. The number of rotatable bonds is 7. The first-order valence-corrected chi connectivity index (χ1v) is 13.9. The number of amidine groups is 1. The van der Waals surface area contributed by atoms with Crippen LogP contribution < -0.4 is 15.9 Å². The molecule has 39 heavy (non-hydrogen) atoms. The lowest BCUT2D eigenvalue weighted by Gasteiger charge is -2.41. The SMILES string of the molecule is CCc1cc(O)ccc1N=C(N)C1=CNN2C=C(c3ccc(OC)cc3C3CC3)CC2(C)C1=N[C@H]1CCOC1. The van der Waals surface area contributed by atoms with Gasteiger partial charge in [-0.25, -0.2) is 4.99 Å². The monoisotopic (exact) mass is 527 g/mol. The predicted molar refractivity (Wildman–Crippen MR) is 154 cm³/mol. The maximum absolute atomic E-state index is 9.94. The van der Waals surface area contributed by atoms with Gasteiger partial charge in [-0.3, -0.25) is 10.0 Å². The molecule has 0 aromatic heterocycles. The fourth-order valence-corrected chi connectivity index (χ4v) is 5.89. The van der Waals surface area contributed by atoms with E-state index in [9.17, 15) is 5.11 Å². The van der Waals surface area contributed by atoms with Crippen molar-refractivity contribution >= 4 is 22.8 Å². The number of hydrogen-bond donors (Lipinski definition) is 3. The van der Waals surface area contributed by atoms with Crippen LogP contribution in [0.4, 0.5) is 5.69 Å². The number of ether oxygens (including phenoxy) is 2. The molecule has 2 aromatic carbocycles. The minimum atomic E-state index is -0.453. The number of aryl methyl sites for hydroxylation is 1. The quantitative estimate of drug-likeness (QED) is 0.347. The highest BCUT2D eigenvalue weighted by molar-refractivity contribution is 6.27. The first kappa shape index (κ1) is 25.5. The minimum Gasteiger partial charge on any atom is -0.508 e. The number of phenols is 1. The lowest BCUT2D eigenvalue weighted by molar-refractivity contribution is 0.192. The van der Waals surface area contributed by atoms with E-state index in [0.29, 0.717) is 18.4 Å². The summed E-state index contributed by atoms with van der Waals surface area (Å²) >= 11 is 0. The van der Waals surface area contributed by atoms with E-state index < -0.39 is 5.54 Å². The third-order valence-corrected chi connectivity index (χ3v) is 8.26. The van der Waals surface area contributed by atoms with E-state index in [0.717, 1.165) is 54.2 Å². The Morgan fingerprint density at radius 3 is 2.79 bits per heavy atom. The topological polar surface area (TPSA) is 105 Å². The van der Waals surface area contributed by atoms with Crippen molar-refractivity contribution in [2.24, 2.45) is 15.7 Å². The molecule has 1 aliphatic carbocycles. The summed E-state index contributed by atoms with van der Waals surface area (Å²) in [4.78, 5) is 10.1. The summed E-state index contributed by atoms with van der Waals surface area (Å²) < 4.78 is 11.2. The Morgan fingerprint density at radius 1 is 1.23 bits per heavy atom. The molecule has 0 bridgehead atoms. The normalized spacial score (nSPS) is 25.8. The average molecular weight is 528 g/mol. The third kappa shape index (κ3) is 4.78. The second-order valence-corrected chi connectivity index (χ2v) is 11.0. The summed E-state index contributed by atoms with van der Waals surface area (Å²) in [5.74, 6) is 2.12. The van der Waals surface area contributed by atoms with Crippen LogP contribution in [0.15, 0.2) is 64.4 Å². The molecule has 4 aliphatic rings. The minimum absolute atomic E-state index is 0.0833. The molecule has 4 N–H and O–H groups in total. The Bertz CT molecular complexity index is 1400. The Kier molecular flexibility index (Phi) is 6.59. The van der Waals surface area contributed by atoms with Crippen LogP contribution in [0.5, 0.6) is 11.5 Å². The molecule has 204 valence electrons. The molecule has 0 radical (unpaired) electrons. The van der Waals surface area contributed by atoms with Crippen molar-refractivity contribution in [2.75, 3.05) is 20.3 Å². The summed E-state index contributed by atoms with van der Waals surface area (Å²) in [5, 5.41) is 12.1. The van der Waals surface area contributed by atoms with Gasteiger partial charge in [0.25, 0.3) is 0 Å². The van der Waals surface area contributed by atoms with E-state index in [1.54, 1.807) is 19.2 Å². The van der Waals surface area contributed by atoms with E-state index in [4.69, 9.17) is 25.2 Å². The molecule has 0 amide bonds. The van der Waals surface area contributed by atoms with E-state index in [2.05, 4.69) is 41.8 Å². The fourth-order valence-electron chi connectivity index (χ4n) is 5.89. The average Bonchev–Trinajstić information content (AvgIpc) is 3.54. The van der Waals surface area contributed by atoms with Crippen molar-refractivity contribution in [2.45, 2.75) is 63.5 Å². The van der Waals surface area contributed by atoms with Crippen molar-refractivity contribution in [1.29, 1.82) is 0 Å². The van der Waals surface area contributed by atoms with Crippen LogP contribution in [-0.4, -0.2) is 53.6 Å². The van der Waals surface area contributed by atoms with Crippen LogP contribution in [0, 0.1) is 0 Å². The Morgan fingerprint density at radius 2 is 2.08 bits per heavy atom. The molecule has 8 nitrogen and oxygen atoms in total. The molecule has 6 rings (SSSR count). The van der Waals surface area contributed by atoms with E-state index in [1.807, 2.05) is 19.2 Å². The molecule has 2 atom stereocenters. The van der Waals surface area contributed by atoms with E-state index >= 15 is 0 Å². The maximum atomic E-state index is 9.94. The zero-order chi connectivity index (χ0) is 27.1. The third-order valence-electron chi connectivity index (χ3n) is 8.26. The largest absolute Gasteiger partial charge is 0.508 e. The second-order valence-electron chi connectivity index (χ2n) is 11.0. The number of nitrogens with two attached hydrogens (primary N) is 1. The molecule has 2 aromatic rings. The number of hydrazine groups is 1. The molecule has 1 saturated heterocycles. The lowest BCUT2D eigenvalue weighted by atomic mass is 9.82. The Labute approximate surface area is 229 Å². The molecule has 3 heterocycles. The number of benzene rings is 2. The Hall–Kier alpha value is -3.78. The molecule has 8 heteroatoms. The second kappa shape index (κ2) is 10.1. The number of phenolic OH excluding ortho intramolecular Hbond substituents is 1.